The summed E-state index contributed by atoms with van der Waals surface area (Å²) in [6.07, 6.45) is 27.9. The number of likely N-dealkylation sites (tertiary alicyclic amines) is 1. The summed E-state index contributed by atoms with van der Waals surface area (Å²) in [4.78, 5) is 33.2. The second kappa shape index (κ2) is 49.2. The molecule has 1 amide bonds. The minimum Gasteiger partial charge on any atom is -0.381 e. The Morgan fingerprint density at radius 1 is 0.435 bits per heavy atom. The fourth-order valence-electron chi connectivity index (χ4n) is 10.2. The number of carbonyl (C=O) groups excluding carboxylic acids is 1. The van der Waals surface area contributed by atoms with Gasteiger partial charge < -0.3 is 15.0 Å². The normalized spacial score (nSPS) is 15.5. The topological polar surface area (TPSA) is 106 Å². The molecule has 1 aliphatic carbocycles. The van der Waals surface area contributed by atoms with Gasteiger partial charge in [-0.1, -0.05) is 207 Å². The van der Waals surface area contributed by atoms with Crippen molar-refractivity contribution in [3.63, 3.8) is 0 Å². The summed E-state index contributed by atoms with van der Waals surface area (Å²) in [6.45, 7) is 48.1. The van der Waals surface area contributed by atoms with Gasteiger partial charge in [0.2, 0.25) is 5.91 Å². The van der Waals surface area contributed by atoms with Crippen molar-refractivity contribution >= 4 is 5.91 Å². The molecule has 9 heteroatoms. The highest BCUT2D eigenvalue weighted by Gasteiger charge is 2.23. The average molecular weight is 1170 g/mol. The van der Waals surface area contributed by atoms with Gasteiger partial charge in [-0.25, -0.2) is 9.97 Å². The predicted octanol–water partition coefficient (Wildman–Crippen LogP) is 20.5. The molecule has 3 saturated heterocycles. The summed E-state index contributed by atoms with van der Waals surface area (Å²) in [7, 11) is 0. The molecule has 1 N–H and O–H groups in total. The summed E-state index contributed by atoms with van der Waals surface area (Å²) >= 11 is 0. The van der Waals surface area contributed by atoms with Crippen LogP contribution in [0.4, 0.5) is 0 Å². The van der Waals surface area contributed by atoms with Gasteiger partial charge in [0.1, 0.15) is 5.82 Å². The molecule has 5 aromatic rings. The van der Waals surface area contributed by atoms with Gasteiger partial charge in [-0.3, -0.25) is 19.7 Å². The molecule has 1 aromatic carbocycles. The summed E-state index contributed by atoms with van der Waals surface area (Å²) in [5, 5.41) is 3.37. The summed E-state index contributed by atoms with van der Waals surface area (Å²) in [5.74, 6) is 11.3. The molecule has 0 atom stereocenters. The molecule has 4 aliphatic rings. The van der Waals surface area contributed by atoms with Crippen molar-refractivity contribution in [1.82, 2.24) is 35.1 Å². The van der Waals surface area contributed by atoms with Gasteiger partial charge in [-0.2, -0.15) is 0 Å². The number of rotatable bonds is 9. The molecule has 0 spiro atoms. The SMILES string of the molecule is C.CC(=O)N1CCC(C(C)C)CC1.CC(C)C1CCCCC1.CC(C)C1CCNCC1.CC(C)C1CCOCC1.CC(C)c1ccccc1.CC(C)c1ccccn1.CC(C)c1cccnc1.CC(C)c1ccncc1.CC(C)c1ncccn1. The first-order chi connectivity index (χ1) is 40.0. The molecule has 7 heterocycles. The lowest BCUT2D eigenvalue weighted by Crippen LogP contribution is -2.38. The smallest absolute Gasteiger partial charge is 0.219 e. The minimum atomic E-state index is 0. The van der Waals surface area contributed by atoms with Crippen LogP contribution in [0.1, 0.15) is 267 Å². The second-order valence-electron chi connectivity index (χ2n) is 26.4. The average Bonchev–Trinajstić information content (AvgIpc) is 3.53. The quantitative estimate of drug-likeness (QED) is 0.156. The van der Waals surface area contributed by atoms with Crippen LogP contribution in [0, 0.1) is 47.3 Å². The monoisotopic (exact) mass is 1170 g/mol. The third kappa shape index (κ3) is 39.5. The zero-order valence-corrected chi connectivity index (χ0v) is 57.1. The third-order valence-corrected chi connectivity index (χ3v) is 16.6. The Morgan fingerprint density at radius 3 is 1.21 bits per heavy atom. The number of piperidine rings is 2. The first kappa shape index (κ1) is 80.1. The van der Waals surface area contributed by atoms with Gasteiger partial charge in [-0.05, 0) is 176 Å². The lowest BCUT2D eigenvalue weighted by Gasteiger charge is -2.33. The van der Waals surface area contributed by atoms with E-state index in [1.165, 1.54) is 100 Å². The minimum absolute atomic E-state index is 0. The molecule has 480 valence electrons. The van der Waals surface area contributed by atoms with E-state index in [0.29, 0.717) is 29.6 Å². The highest BCUT2D eigenvalue weighted by molar-refractivity contribution is 5.73. The third-order valence-electron chi connectivity index (χ3n) is 16.6. The van der Waals surface area contributed by atoms with E-state index in [0.717, 1.165) is 85.2 Å². The van der Waals surface area contributed by atoms with Crippen LogP contribution >= 0.6 is 0 Å². The van der Waals surface area contributed by atoms with Gasteiger partial charge >= 0.3 is 0 Å². The van der Waals surface area contributed by atoms with E-state index in [-0.39, 0.29) is 13.3 Å². The molecule has 4 fully saturated rings. The Bertz CT molecular complexity index is 1910. The number of nitrogens with zero attached hydrogens (tertiary/aromatic N) is 6. The number of hydrogen-bond donors (Lipinski definition) is 1. The van der Waals surface area contributed by atoms with Gasteiger partial charge in [0.25, 0.3) is 0 Å². The molecular formula is C76H129N7O2. The molecule has 9 nitrogen and oxygen atoms in total. The van der Waals surface area contributed by atoms with Gasteiger partial charge in [-0.15, -0.1) is 0 Å². The molecule has 0 unspecified atom stereocenters. The lowest BCUT2D eigenvalue weighted by molar-refractivity contribution is -0.130. The standard InChI is InChI=1S/C10H19NO.C9H18.C9H12.C8H17N.3C8H11N.C8H16O.C7H10N2.CH4/c1-8(2)10-4-6-11(7-5-10)9(3)12;2*1-8(2)9-6-4-3-5-7-9;2*1-7(2)8-3-5-9-6-4-8;1-7(2)8-4-3-5-9-6-8;1-7(2)8-5-3-4-6-9-8;1-7(2)8-3-5-9-6-4-8;1-6(2)7-8-4-3-5-9-7;/h8,10H,4-7H2,1-3H3;8-9H,3-7H2,1-2H3;3-8H,1-2H3;7-9H,3-6H2,1-2H3;3*3-7H,1-2H3;7-8H,3-6H2,1-2H3;3-6H,1-2H3;1H4. The van der Waals surface area contributed by atoms with E-state index in [9.17, 15) is 4.79 Å². The first-order valence-corrected chi connectivity index (χ1v) is 33.1. The van der Waals surface area contributed by atoms with Crippen molar-refractivity contribution in [2.24, 2.45) is 47.3 Å². The summed E-state index contributed by atoms with van der Waals surface area (Å²) in [6, 6.07) is 26.5. The lowest BCUT2D eigenvalue weighted by atomic mass is 9.82. The van der Waals surface area contributed by atoms with Gasteiger partial charge in [0, 0.05) is 88.2 Å². The zero-order chi connectivity index (χ0) is 62.7. The fourth-order valence-corrected chi connectivity index (χ4v) is 10.2. The predicted molar refractivity (Wildman–Crippen MR) is 368 cm³/mol. The van der Waals surface area contributed by atoms with Crippen LogP contribution in [-0.4, -0.2) is 75.1 Å². The van der Waals surface area contributed by atoms with Crippen LogP contribution in [0.25, 0.3) is 0 Å². The van der Waals surface area contributed by atoms with Crippen LogP contribution in [0.5, 0.6) is 0 Å². The maximum Gasteiger partial charge on any atom is 0.219 e. The number of carbonyl (C=O) groups is 1. The van der Waals surface area contributed by atoms with Crippen molar-refractivity contribution in [2.75, 3.05) is 39.4 Å². The highest BCUT2D eigenvalue weighted by Crippen LogP contribution is 2.29. The Kier molecular flexibility index (Phi) is 46.4. The van der Waals surface area contributed by atoms with E-state index in [1.54, 1.807) is 25.5 Å². The van der Waals surface area contributed by atoms with Crippen LogP contribution in [-0.2, 0) is 9.53 Å². The van der Waals surface area contributed by atoms with Crippen molar-refractivity contribution in [3.8, 4) is 0 Å². The fraction of sp³-hybridized carbons (Fsp3) is 0.658. The maximum absolute atomic E-state index is 11.0. The number of amides is 1. The molecule has 3 aliphatic heterocycles. The zero-order valence-electron chi connectivity index (χ0n) is 57.1. The number of hydrogen-bond acceptors (Lipinski definition) is 8. The summed E-state index contributed by atoms with van der Waals surface area (Å²) in [5.41, 5.74) is 5.23. The first-order valence-electron chi connectivity index (χ1n) is 33.1. The van der Waals surface area contributed by atoms with Gasteiger partial charge in [0.15, 0.2) is 0 Å². The van der Waals surface area contributed by atoms with Crippen molar-refractivity contribution in [1.29, 1.82) is 0 Å². The highest BCUT2D eigenvalue weighted by atomic mass is 16.5. The van der Waals surface area contributed by atoms with Crippen molar-refractivity contribution in [3.05, 3.63) is 150 Å². The second-order valence-corrected chi connectivity index (χ2v) is 26.4. The molecule has 85 heavy (non-hydrogen) atoms. The summed E-state index contributed by atoms with van der Waals surface area (Å²) < 4.78 is 5.25. The number of nitrogens with one attached hydrogen (secondary N) is 1. The van der Waals surface area contributed by atoms with E-state index < -0.39 is 0 Å². The van der Waals surface area contributed by atoms with Gasteiger partial charge in [0.05, 0.1) is 0 Å². The maximum atomic E-state index is 11.0. The Balaban J connectivity index is 0.000000934. The molecular weight excluding hydrogens is 1040 g/mol. The number of pyridine rings is 3. The molecule has 9 rings (SSSR count). The van der Waals surface area contributed by atoms with Crippen molar-refractivity contribution < 1.29 is 9.53 Å². The molecule has 0 radical (unpaired) electrons. The Labute approximate surface area is 524 Å². The van der Waals surface area contributed by atoms with E-state index in [2.05, 4.69) is 185 Å². The number of aromatic nitrogens is 5. The van der Waals surface area contributed by atoms with E-state index in [4.69, 9.17) is 4.74 Å². The van der Waals surface area contributed by atoms with Crippen LogP contribution in [0.15, 0.2) is 122 Å². The Hall–Kier alpha value is -4.86. The molecule has 1 saturated carbocycles. The van der Waals surface area contributed by atoms with E-state index >= 15 is 0 Å². The van der Waals surface area contributed by atoms with Crippen LogP contribution in [0.2, 0.25) is 0 Å². The van der Waals surface area contributed by atoms with E-state index in [1.807, 2.05) is 78.2 Å². The van der Waals surface area contributed by atoms with Crippen molar-refractivity contribution in [2.45, 2.75) is 239 Å². The number of benzene rings is 1. The number of ether oxygens (including phenoxy) is 1. The van der Waals surface area contributed by atoms with Crippen LogP contribution < -0.4 is 5.32 Å². The molecule has 0 bridgehead atoms. The Morgan fingerprint density at radius 2 is 0.882 bits per heavy atom. The van der Waals surface area contributed by atoms with Crippen LogP contribution in [0.3, 0.4) is 0 Å². The molecule has 4 aromatic heterocycles. The largest absolute Gasteiger partial charge is 0.381 e.